The van der Waals surface area contributed by atoms with Crippen LogP contribution in [0.4, 0.5) is 0 Å². The van der Waals surface area contributed by atoms with E-state index in [1.807, 2.05) is 30.3 Å². The predicted octanol–water partition coefficient (Wildman–Crippen LogP) is 3.82. The van der Waals surface area contributed by atoms with Crippen LogP contribution in [0.3, 0.4) is 0 Å². The second kappa shape index (κ2) is 8.56. The van der Waals surface area contributed by atoms with Crippen LogP contribution >= 0.6 is 23.4 Å². The van der Waals surface area contributed by atoms with Gasteiger partial charge >= 0.3 is 0 Å². The fourth-order valence-electron chi connectivity index (χ4n) is 2.91. The molecule has 1 aliphatic heterocycles. The minimum absolute atomic E-state index is 0.0754. The van der Waals surface area contributed by atoms with Crippen LogP contribution in [0.25, 0.3) is 0 Å². The van der Waals surface area contributed by atoms with E-state index < -0.39 is 0 Å². The summed E-state index contributed by atoms with van der Waals surface area (Å²) in [5.41, 5.74) is 1.32. The Morgan fingerprint density at radius 1 is 1.17 bits per heavy atom. The summed E-state index contributed by atoms with van der Waals surface area (Å²) in [4.78, 5) is 15.5. The zero-order valence-electron chi connectivity index (χ0n) is 13.5. The van der Waals surface area contributed by atoms with E-state index in [1.54, 1.807) is 0 Å². The highest BCUT2D eigenvalue weighted by Crippen LogP contribution is 2.26. The number of nitrogens with zero attached hydrogens (tertiary/aromatic N) is 1. The first-order valence-corrected chi connectivity index (χ1v) is 9.50. The number of hydrogen-bond donors (Lipinski definition) is 1. The molecular weight excluding hydrogens is 340 g/mol. The number of carbonyl (C=O) groups is 1. The van der Waals surface area contributed by atoms with Crippen molar-refractivity contribution in [1.29, 1.82) is 0 Å². The van der Waals surface area contributed by atoms with E-state index in [1.165, 1.54) is 17.3 Å². The van der Waals surface area contributed by atoms with Crippen molar-refractivity contribution in [3.8, 4) is 0 Å². The first-order valence-electron chi connectivity index (χ1n) is 8.13. The van der Waals surface area contributed by atoms with Crippen molar-refractivity contribution in [3.63, 3.8) is 0 Å². The van der Waals surface area contributed by atoms with E-state index in [-0.39, 0.29) is 11.9 Å². The minimum atomic E-state index is 0.0754. The summed E-state index contributed by atoms with van der Waals surface area (Å²) >= 11 is 7.60. The number of halogens is 1. The Hall–Kier alpha value is -1.49. The van der Waals surface area contributed by atoms with Gasteiger partial charge in [-0.3, -0.25) is 9.69 Å². The first-order chi connectivity index (χ1) is 11.7. The van der Waals surface area contributed by atoms with Gasteiger partial charge in [0.15, 0.2) is 0 Å². The Balaban J connectivity index is 1.42. The Morgan fingerprint density at radius 3 is 2.71 bits per heavy atom. The van der Waals surface area contributed by atoms with Crippen LogP contribution in [0.15, 0.2) is 59.5 Å². The largest absolute Gasteiger partial charge is 0.351 e. The van der Waals surface area contributed by atoms with Gasteiger partial charge in [-0.15, -0.1) is 11.8 Å². The molecule has 0 spiro atoms. The molecule has 0 aliphatic carbocycles. The lowest BCUT2D eigenvalue weighted by molar-refractivity contribution is -0.119. The molecule has 1 N–H and O–H groups in total. The van der Waals surface area contributed by atoms with Gasteiger partial charge < -0.3 is 5.32 Å². The summed E-state index contributed by atoms with van der Waals surface area (Å²) in [6.45, 7) is 2.89. The Kier molecular flexibility index (Phi) is 6.18. The van der Waals surface area contributed by atoms with E-state index in [2.05, 4.69) is 34.5 Å². The molecule has 0 saturated carbocycles. The summed E-state index contributed by atoms with van der Waals surface area (Å²) < 4.78 is 0. The van der Waals surface area contributed by atoms with E-state index in [4.69, 9.17) is 11.6 Å². The second-order valence-electron chi connectivity index (χ2n) is 5.99. The Labute approximate surface area is 152 Å². The van der Waals surface area contributed by atoms with Crippen molar-refractivity contribution < 1.29 is 4.79 Å². The highest BCUT2D eigenvalue weighted by molar-refractivity contribution is 8.00. The molecule has 126 valence electrons. The van der Waals surface area contributed by atoms with Crippen molar-refractivity contribution in [1.82, 2.24) is 10.2 Å². The number of rotatable bonds is 6. The Bertz CT molecular complexity index is 680. The number of nitrogens with one attached hydrogen (secondary N) is 1. The molecule has 2 aromatic rings. The van der Waals surface area contributed by atoms with Crippen LogP contribution in [-0.4, -0.2) is 35.7 Å². The van der Waals surface area contributed by atoms with Crippen LogP contribution in [-0.2, 0) is 11.3 Å². The third-order valence-corrected chi connectivity index (χ3v) is 5.60. The van der Waals surface area contributed by atoms with E-state index in [9.17, 15) is 4.79 Å². The number of thioether (sulfide) groups is 1. The van der Waals surface area contributed by atoms with Crippen LogP contribution in [0, 0.1) is 0 Å². The lowest BCUT2D eigenvalue weighted by atomic mass is 10.2. The summed E-state index contributed by atoms with van der Waals surface area (Å²) in [5, 5.41) is 3.84. The molecule has 1 atom stereocenters. The van der Waals surface area contributed by atoms with Crippen LogP contribution < -0.4 is 5.32 Å². The standard InChI is InChI=1S/C19H21ClN2OS/c20-17-8-4-5-9-18(17)24-14-19(23)21-16-10-11-22(13-16)12-15-6-2-1-3-7-15/h1-9,16H,10-14H2,(H,21,23)/t16-/m0/s1. The number of amides is 1. The van der Waals surface area contributed by atoms with Gasteiger partial charge in [0.2, 0.25) is 5.91 Å². The fourth-order valence-corrected chi connectivity index (χ4v) is 3.96. The smallest absolute Gasteiger partial charge is 0.230 e. The number of carbonyl (C=O) groups excluding carboxylic acids is 1. The van der Waals surface area contributed by atoms with Crippen molar-refractivity contribution in [2.75, 3.05) is 18.8 Å². The fraction of sp³-hybridized carbons (Fsp3) is 0.316. The average Bonchev–Trinajstić information content (AvgIpc) is 3.02. The molecule has 1 fully saturated rings. The lowest BCUT2D eigenvalue weighted by Crippen LogP contribution is -2.37. The van der Waals surface area contributed by atoms with Gasteiger partial charge in [-0.25, -0.2) is 0 Å². The topological polar surface area (TPSA) is 32.3 Å². The van der Waals surface area contributed by atoms with Crippen LogP contribution in [0.1, 0.15) is 12.0 Å². The van der Waals surface area contributed by atoms with E-state index >= 15 is 0 Å². The van der Waals surface area contributed by atoms with E-state index in [0.717, 1.165) is 31.0 Å². The average molecular weight is 361 g/mol. The molecule has 3 rings (SSSR count). The van der Waals surface area contributed by atoms with E-state index in [0.29, 0.717) is 10.8 Å². The molecule has 2 aromatic carbocycles. The van der Waals surface area contributed by atoms with Crippen molar-refractivity contribution in [2.45, 2.75) is 23.9 Å². The molecule has 1 heterocycles. The maximum atomic E-state index is 12.2. The van der Waals surface area contributed by atoms with Crippen molar-refractivity contribution in [3.05, 3.63) is 65.2 Å². The molecule has 5 heteroatoms. The normalized spacial score (nSPS) is 17.8. The van der Waals surface area contributed by atoms with Gasteiger partial charge in [-0.05, 0) is 24.1 Å². The Morgan fingerprint density at radius 2 is 1.92 bits per heavy atom. The first kappa shape index (κ1) is 17.3. The lowest BCUT2D eigenvalue weighted by Gasteiger charge is -2.16. The monoisotopic (exact) mass is 360 g/mol. The summed E-state index contributed by atoms with van der Waals surface area (Å²) in [5.74, 6) is 0.477. The quantitative estimate of drug-likeness (QED) is 0.795. The van der Waals surface area contributed by atoms with Crippen molar-refractivity contribution in [2.24, 2.45) is 0 Å². The minimum Gasteiger partial charge on any atom is -0.351 e. The predicted molar refractivity (Wildman–Crippen MR) is 100 cm³/mol. The molecule has 1 saturated heterocycles. The van der Waals surface area contributed by atoms with Gasteiger partial charge in [-0.1, -0.05) is 54.1 Å². The summed E-state index contributed by atoms with van der Waals surface area (Å²) in [6.07, 6.45) is 1.01. The van der Waals surface area contributed by atoms with Crippen LogP contribution in [0.5, 0.6) is 0 Å². The molecule has 24 heavy (non-hydrogen) atoms. The zero-order chi connectivity index (χ0) is 16.8. The number of benzene rings is 2. The third kappa shape index (κ3) is 5.00. The van der Waals surface area contributed by atoms with Gasteiger partial charge in [0, 0.05) is 30.6 Å². The maximum absolute atomic E-state index is 12.2. The third-order valence-electron chi connectivity index (χ3n) is 4.08. The maximum Gasteiger partial charge on any atom is 0.230 e. The van der Waals surface area contributed by atoms with Gasteiger partial charge in [0.1, 0.15) is 0 Å². The molecule has 3 nitrogen and oxygen atoms in total. The molecule has 0 unspecified atom stereocenters. The SMILES string of the molecule is O=C(CSc1ccccc1Cl)N[C@H]1CCN(Cc2ccccc2)C1. The molecule has 0 aromatic heterocycles. The van der Waals surface area contributed by atoms with Crippen LogP contribution in [0.2, 0.25) is 5.02 Å². The highest BCUT2D eigenvalue weighted by atomic mass is 35.5. The molecule has 0 bridgehead atoms. The molecule has 1 aliphatic rings. The molecule has 0 radical (unpaired) electrons. The van der Waals surface area contributed by atoms with Gasteiger partial charge in [-0.2, -0.15) is 0 Å². The zero-order valence-corrected chi connectivity index (χ0v) is 15.0. The van der Waals surface area contributed by atoms with Gasteiger partial charge in [0.05, 0.1) is 10.8 Å². The summed E-state index contributed by atoms with van der Waals surface area (Å²) in [7, 11) is 0. The molecular formula is C19H21ClN2OS. The summed E-state index contributed by atoms with van der Waals surface area (Å²) in [6, 6.07) is 18.3. The highest BCUT2D eigenvalue weighted by Gasteiger charge is 2.23. The number of likely N-dealkylation sites (tertiary alicyclic amines) is 1. The van der Waals surface area contributed by atoms with Crippen molar-refractivity contribution >= 4 is 29.3 Å². The number of hydrogen-bond acceptors (Lipinski definition) is 3. The molecule has 1 amide bonds. The second-order valence-corrected chi connectivity index (χ2v) is 7.42. The van der Waals surface area contributed by atoms with Gasteiger partial charge in [0.25, 0.3) is 0 Å².